The summed E-state index contributed by atoms with van der Waals surface area (Å²) in [7, 11) is 2.00. The van der Waals surface area contributed by atoms with Gasteiger partial charge >= 0.3 is 6.01 Å². The molecule has 0 saturated carbocycles. The maximum absolute atomic E-state index is 5.57. The van der Waals surface area contributed by atoms with E-state index in [-0.39, 0.29) is 0 Å². The van der Waals surface area contributed by atoms with Crippen molar-refractivity contribution in [2.75, 3.05) is 18.5 Å². The van der Waals surface area contributed by atoms with Gasteiger partial charge in [-0.3, -0.25) is 0 Å². The number of nitrogens with one attached hydrogen (secondary N) is 1. The Balaban J connectivity index is 2.61. The molecule has 1 heterocycles. The first-order chi connectivity index (χ1) is 7.72. The summed E-state index contributed by atoms with van der Waals surface area (Å²) in [6.45, 7) is 7.93. The second kappa shape index (κ2) is 6.48. The Kier molecular flexibility index (Phi) is 5.25. The van der Waals surface area contributed by atoms with Gasteiger partial charge in [-0.1, -0.05) is 25.9 Å². The fraction of sp³-hybridized carbons (Fsp3) is 0.818. The maximum atomic E-state index is 5.57. The van der Waals surface area contributed by atoms with Crippen LogP contribution in [0.5, 0.6) is 0 Å². The highest BCUT2D eigenvalue weighted by Gasteiger charge is 2.16. The fourth-order valence-electron chi connectivity index (χ4n) is 1.68. The minimum absolute atomic E-state index is 0.465. The highest BCUT2D eigenvalue weighted by molar-refractivity contribution is 5.24. The summed E-state index contributed by atoms with van der Waals surface area (Å²) in [5, 5.41) is 11.2. The zero-order chi connectivity index (χ0) is 12.0. The van der Waals surface area contributed by atoms with Crippen LogP contribution in [0.1, 0.15) is 39.5 Å². The van der Waals surface area contributed by atoms with Crippen molar-refractivity contribution in [3.63, 3.8) is 0 Å². The standard InChI is InChI=1S/C11H22N4O/c1-5-9(6-2)15(4)11-14-13-10(16-11)8-12-7-3/h9,12H,5-8H2,1-4H3. The Morgan fingerprint density at radius 2 is 1.94 bits per heavy atom. The molecule has 0 unspecified atom stereocenters. The molecule has 0 aromatic carbocycles. The van der Waals surface area contributed by atoms with Gasteiger partial charge in [-0.15, -0.1) is 5.10 Å². The molecule has 0 atom stereocenters. The van der Waals surface area contributed by atoms with E-state index in [1.807, 2.05) is 14.0 Å². The van der Waals surface area contributed by atoms with Gasteiger partial charge in [0.2, 0.25) is 5.89 Å². The van der Waals surface area contributed by atoms with Crippen LogP contribution in [-0.4, -0.2) is 29.8 Å². The second-order valence-corrected chi connectivity index (χ2v) is 3.84. The van der Waals surface area contributed by atoms with Gasteiger partial charge in [0.25, 0.3) is 0 Å². The van der Waals surface area contributed by atoms with Crippen LogP contribution in [-0.2, 0) is 6.54 Å². The van der Waals surface area contributed by atoms with Crippen LogP contribution in [0.2, 0.25) is 0 Å². The van der Waals surface area contributed by atoms with Crippen molar-refractivity contribution in [1.82, 2.24) is 15.5 Å². The first-order valence-corrected chi connectivity index (χ1v) is 5.98. The molecule has 0 radical (unpaired) electrons. The predicted molar refractivity (Wildman–Crippen MR) is 64.5 cm³/mol. The Labute approximate surface area is 97.2 Å². The molecule has 5 heteroatoms. The Hall–Kier alpha value is -1.10. The van der Waals surface area contributed by atoms with Gasteiger partial charge in [0.05, 0.1) is 6.54 Å². The highest BCUT2D eigenvalue weighted by atomic mass is 16.4. The minimum Gasteiger partial charge on any atom is -0.407 e. The van der Waals surface area contributed by atoms with E-state index < -0.39 is 0 Å². The lowest BCUT2D eigenvalue weighted by Gasteiger charge is -2.23. The van der Waals surface area contributed by atoms with Crippen LogP contribution >= 0.6 is 0 Å². The summed E-state index contributed by atoms with van der Waals surface area (Å²) >= 11 is 0. The lowest BCUT2D eigenvalue weighted by molar-refractivity contribution is 0.450. The van der Waals surface area contributed by atoms with Gasteiger partial charge in [-0.25, -0.2) is 0 Å². The van der Waals surface area contributed by atoms with Gasteiger partial charge in [0.1, 0.15) is 0 Å². The summed E-state index contributed by atoms with van der Waals surface area (Å²) < 4.78 is 5.57. The molecule has 1 N–H and O–H groups in total. The van der Waals surface area contributed by atoms with Crippen LogP contribution < -0.4 is 10.2 Å². The molecule has 1 rings (SSSR count). The van der Waals surface area contributed by atoms with E-state index in [0.717, 1.165) is 19.4 Å². The molecular formula is C11H22N4O. The van der Waals surface area contributed by atoms with E-state index in [9.17, 15) is 0 Å². The molecule has 1 aromatic heterocycles. The van der Waals surface area contributed by atoms with Gasteiger partial charge < -0.3 is 14.6 Å². The molecule has 1 aromatic rings. The molecular weight excluding hydrogens is 204 g/mol. The highest BCUT2D eigenvalue weighted by Crippen LogP contribution is 2.16. The summed E-state index contributed by atoms with van der Waals surface area (Å²) in [5.74, 6) is 0.648. The molecule has 0 aliphatic carbocycles. The van der Waals surface area contributed by atoms with E-state index in [1.54, 1.807) is 0 Å². The zero-order valence-electron chi connectivity index (χ0n) is 10.7. The number of hydrogen-bond donors (Lipinski definition) is 1. The summed E-state index contributed by atoms with van der Waals surface area (Å²) in [6.07, 6.45) is 2.16. The van der Waals surface area contributed by atoms with E-state index in [0.29, 0.717) is 24.5 Å². The van der Waals surface area contributed by atoms with Gasteiger partial charge in [0, 0.05) is 13.1 Å². The van der Waals surface area contributed by atoms with E-state index in [2.05, 4.69) is 34.3 Å². The second-order valence-electron chi connectivity index (χ2n) is 3.84. The largest absolute Gasteiger partial charge is 0.407 e. The lowest BCUT2D eigenvalue weighted by atomic mass is 10.1. The monoisotopic (exact) mass is 226 g/mol. The fourth-order valence-corrected chi connectivity index (χ4v) is 1.68. The Morgan fingerprint density at radius 3 is 2.50 bits per heavy atom. The molecule has 5 nitrogen and oxygen atoms in total. The molecule has 0 bridgehead atoms. The SMILES string of the molecule is CCNCc1nnc(N(C)C(CC)CC)o1. The molecule has 0 amide bonds. The molecule has 92 valence electrons. The zero-order valence-corrected chi connectivity index (χ0v) is 10.7. The van der Waals surface area contributed by atoms with Crippen LogP contribution in [0.4, 0.5) is 6.01 Å². The Morgan fingerprint density at radius 1 is 1.25 bits per heavy atom. The van der Waals surface area contributed by atoms with E-state index in [4.69, 9.17) is 4.42 Å². The third-order valence-electron chi connectivity index (χ3n) is 2.77. The maximum Gasteiger partial charge on any atom is 0.318 e. The molecule has 0 aliphatic rings. The van der Waals surface area contributed by atoms with Crippen molar-refractivity contribution in [2.24, 2.45) is 0 Å². The average molecular weight is 226 g/mol. The third kappa shape index (κ3) is 3.20. The number of nitrogens with zero attached hydrogens (tertiary/aromatic N) is 3. The normalized spacial score (nSPS) is 11.1. The lowest BCUT2D eigenvalue weighted by Crippen LogP contribution is -2.30. The van der Waals surface area contributed by atoms with Gasteiger partial charge in [0.15, 0.2) is 0 Å². The summed E-state index contributed by atoms with van der Waals surface area (Å²) in [4.78, 5) is 2.06. The summed E-state index contributed by atoms with van der Waals surface area (Å²) in [6, 6.07) is 1.08. The average Bonchev–Trinajstić information content (AvgIpc) is 2.76. The van der Waals surface area contributed by atoms with E-state index in [1.165, 1.54) is 0 Å². The number of rotatable bonds is 7. The number of aromatic nitrogens is 2. The predicted octanol–water partition coefficient (Wildman–Crippen LogP) is 1.80. The molecule has 16 heavy (non-hydrogen) atoms. The van der Waals surface area contributed by atoms with Gasteiger partial charge in [-0.05, 0) is 19.4 Å². The van der Waals surface area contributed by atoms with Crippen molar-refractivity contribution >= 4 is 6.01 Å². The number of anilines is 1. The van der Waals surface area contributed by atoms with Crippen LogP contribution in [0.25, 0.3) is 0 Å². The Bertz CT molecular complexity index is 296. The quantitative estimate of drug-likeness (QED) is 0.768. The van der Waals surface area contributed by atoms with Crippen molar-refractivity contribution in [1.29, 1.82) is 0 Å². The van der Waals surface area contributed by atoms with Crippen molar-refractivity contribution in [2.45, 2.75) is 46.2 Å². The first-order valence-electron chi connectivity index (χ1n) is 5.98. The summed E-state index contributed by atoms with van der Waals surface area (Å²) in [5.41, 5.74) is 0. The third-order valence-corrected chi connectivity index (χ3v) is 2.77. The van der Waals surface area contributed by atoms with Crippen molar-refractivity contribution < 1.29 is 4.42 Å². The first kappa shape index (κ1) is 13.0. The number of hydrogen-bond acceptors (Lipinski definition) is 5. The van der Waals surface area contributed by atoms with Gasteiger partial charge in [-0.2, -0.15) is 0 Å². The molecule has 0 fully saturated rings. The topological polar surface area (TPSA) is 54.2 Å². The van der Waals surface area contributed by atoms with E-state index >= 15 is 0 Å². The van der Waals surface area contributed by atoms with Crippen LogP contribution in [0.3, 0.4) is 0 Å². The van der Waals surface area contributed by atoms with Crippen molar-refractivity contribution in [3.8, 4) is 0 Å². The molecule has 0 spiro atoms. The smallest absolute Gasteiger partial charge is 0.318 e. The molecule has 0 saturated heterocycles. The minimum atomic E-state index is 0.465. The molecule has 0 aliphatic heterocycles. The van der Waals surface area contributed by atoms with Crippen molar-refractivity contribution in [3.05, 3.63) is 5.89 Å². The van der Waals surface area contributed by atoms with Crippen LogP contribution in [0.15, 0.2) is 4.42 Å². The van der Waals surface area contributed by atoms with Crippen LogP contribution in [0, 0.1) is 0 Å².